The first-order chi connectivity index (χ1) is 44.7. The molecular weight excluding hydrogens is 1240 g/mol. The van der Waals surface area contributed by atoms with Crippen molar-refractivity contribution in [3.63, 3.8) is 0 Å². The molecule has 11 atom stereocenters. The highest BCUT2D eigenvalue weighted by atomic mass is 32.2. The number of nitrogens with two attached hydrogens (primary N) is 1. The first-order valence-corrected chi connectivity index (χ1v) is 36.1. The number of ether oxygens (including phenoxy) is 4. The molecule has 1 aromatic heterocycles. The minimum Gasteiger partial charge on any atom is -0.379 e. The van der Waals surface area contributed by atoms with E-state index in [0.717, 1.165) is 28.5 Å². The molecule has 0 saturated carbocycles. The summed E-state index contributed by atoms with van der Waals surface area (Å²) in [6, 6.07) is 3.62. The molecule has 5 N–H and O–H groups in total. The number of carbonyl (C=O) groups excluding carboxylic acids is 8. The molecule has 1 fully saturated rings. The third kappa shape index (κ3) is 27.1. The van der Waals surface area contributed by atoms with Gasteiger partial charge in [0, 0.05) is 101 Å². The number of urea groups is 1. The number of hydrogen-bond donors (Lipinski definition) is 4. The number of ketones is 3. The monoisotopic (exact) mass is 1360 g/mol. The number of likely N-dealkylation sites (N-methyl/N-ethyl adjacent to an activating group) is 2. The molecule has 1 aliphatic rings. The van der Waals surface area contributed by atoms with Crippen molar-refractivity contribution in [3.8, 4) is 0 Å². The number of nitrogens with one attached hydrogen (secondary N) is 3. The van der Waals surface area contributed by atoms with Crippen molar-refractivity contribution in [1.29, 1.82) is 0 Å². The molecule has 27 heteroatoms. The van der Waals surface area contributed by atoms with Gasteiger partial charge in [-0.1, -0.05) is 98.1 Å². The molecule has 25 nitrogen and oxygen atoms in total. The number of azide groups is 1. The van der Waals surface area contributed by atoms with E-state index >= 15 is 0 Å². The Morgan fingerprint density at radius 2 is 1.40 bits per heavy atom. The van der Waals surface area contributed by atoms with Gasteiger partial charge >= 0.3 is 6.03 Å². The highest BCUT2D eigenvalue weighted by Gasteiger charge is 2.44. The van der Waals surface area contributed by atoms with E-state index in [9.17, 15) is 43.9 Å². The van der Waals surface area contributed by atoms with E-state index in [1.807, 2.05) is 99.0 Å². The number of hydrogen-bond acceptors (Lipinski definition) is 18. The van der Waals surface area contributed by atoms with Crippen LogP contribution in [-0.4, -0.2) is 213 Å². The highest BCUT2D eigenvalue weighted by molar-refractivity contribution is 7.98. The van der Waals surface area contributed by atoms with Gasteiger partial charge in [-0.15, -0.1) is 0 Å². The fourth-order valence-electron chi connectivity index (χ4n) is 12.6. The summed E-state index contributed by atoms with van der Waals surface area (Å²) in [4.78, 5) is 120. The zero-order chi connectivity index (χ0) is 70.2. The first-order valence-electron chi connectivity index (χ1n) is 33.3. The summed E-state index contributed by atoms with van der Waals surface area (Å²) in [5.41, 5.74) is 18.1. The van der Waals surface area contributed by atoms with Crippen molar-refractivity contribution in [2.45, 2.75) is 193 Å². The molecule has 2 aromatic rings. The number of likely N-dealkylation sites (tertiary alicyclic amines) is 1. The largest absolute Gasteiger partial charge is 0.379 e. The smallest absolute Gasteiger partial charge is 0.312 e. The standard InChI is InChI=1S/C67H113N13O12S2/c1-17-45(8)62(78(12)66(87)52(43(4)5)37-58(83)61(44(6)7)77(10)11)59(89-13)38-60(84)79-28-19-21-56(79)63(90-14)46(9)64(85)72-49(39-71-76-69)34-47-22-24-48(25-23-47)35-57(82)53(20-18-27-70-67(68)88)73-65(86)51(42(2)3)36-50(81)26-30-91-32-33-92-31-29-80-74-54(40-93-15)55(75-80)41-94-16/h22-25,42-46,49,51-53,56,59,61-63H,17-21,26-41H2,1-16H3,(H,72,85)(H,73,86)(H3,68,70,88)/t45-,46+,49-,51-,52-,53-,56-,59+,61-,62-,63+/m0/s1. The van der Waals surface area contributed by atoms with Gasteiger partial charge in [0.1, 0.15) is 5.78 Å². The van der Waals surface area contributed by atoms with Gasteiger partial charge in [0.2, 0.25) is 23.6 Å². The highest BCUT2D eigenvalue weighted by Crippen LogP contribution is 2.32. The van der Waals surface area contributed by atoms with Crippen LogP contribution >= 0.6 is 23.5 Å². The van der Waals surface area contributed by atoms with E-state index in [4.69, 9.17) is 24.7 Å². The van der Waals surface area contributed by atoms with Crippen LogP contribution in [0.15, 0.2) is 29.4 Å². The lowest BCUT2D eigenvalue weighted by molar-refractivity contribution is -0.149. The van der Waals surface area contributed by atoms with Crippen molar-refractivity contribution >= 4 is 70.5 Å². The SMILES string of the molecule is CC[C@H](C)[C@@H]([C@@H](CC(=O)N1CCC[C@H]1[C@H](OC)[C@@H](C)C(=O)N[C@H](CN=[N+]=[N-])Cc1ccc(CC(=O)[C@H](CCCNC(N)=O)NC(=O)[C@@H](CC(=O)CCOCCOCCn2nc(CSC)c(CSC)n2)C(C)C)cc1)OC)N(C)C(=O)[C@@H](CC(=O)[C@H](C(C)C)N(C)C)C(C)C. The van der Waals surface area contributed by atoms with Gasteiger partial charge < -0.3 is 50.4 Å². The second-order valence-corrected chi connectivity index (χ2v) is 27.9. The average molecular weight is 1360 g/mol. The summed E-state index contributed by atoms with van der Waals surface area (Å²) in [5.74, 6) is -2.39. The molecule has 1 saturated heterocycles. The minimum atomic E-state index is -0.941. The van der Waals surface area contributed by atoms with Gasteiger partial charge in [-0.05, 0) is 99.0 Å². The second-order valence-electron chi connectivity index (χ2n) is 26.2. The number of benzene rings is 1. The van der Waals surface area contributed by atoms with Crippen LogP contribution in [0.2, 0.25) is 0 Å². The van der Waals surface area contributed by atoms with Gasteiger partial charge in [-0.25, -0.2) is 4.79 Å². The van der Waals surface area contributed by atoms with E-state index in [-0.39, 0.29) is 136 Å². The maximum absolute atomic E-state index is 14.6. The number of nitrogens with zero attached hydrogens (tertiary/aromatic N) is 9. The number of rotatable bonds is 48. The topological polar surface area (TPSA) is 325 Å². The van der Waals surface area contributed by atoms with E-state index < -0.39 is 66.1 Å². The average Bonchev–Trinajstić information content (AvgIpc) is 1.37. The van der Waals surface area contributed by atoms with Crippen LogP contribution in [0.1, 0.15) is 143 Å². The molecule has 0 aliphatic carbocycles. The first kappa shape index (κ1) is 82.6. The van der Waals surface area contributed by atoms with Crippen LogP contribution < -0.4 is 21.7 Å². The third-order valence-electron chi connectivity index (χ3n) is 17.9. The predicted octanol–water partition coefficient (Wildman–Crippen LogP) is 7.48. The second kappa shape index (κ2) is 43.5. The quantitative estimate of drug-likeness (QED) is 0.0216. The summed E-state index contributed by atoms with van der Waals surface area (Å²) in [7, 11) is 8.57. The Bertz CT molecular complexity index is 2700. The number of aromatic nitrogens is 3. The molecule has 2 heterocycles. The van der Waals surface area contributed by atoms with Crippen LogP contribution in [0.5, 0.6) is 0 Å². The molecule has 94 heavy (non-hydrogen) atoms. The molecular formula is C67H113N13O12S2. The summed E-state index contributed by atoms with van der Waals surface area (Å²) in [5, 5.41) is 21.5. The fourth-order valence-corrected chi connectivity index (χ4v) is 13.6. The maximum atomic E-state index is 14.6. The lowest BCUT2D eigenvalue weighted by Crippen LogP contribution is -2.54. The Balaban J connectivity index is 1.67. The number of carbonyl (C=O) groups is 8. The molecule has 3 rings (SSSR count). The molecule has 0 unspecified atom stereocenters. The zero-order valence-electron chi connectivity index (χ0n) is 59.1. The minimum absolute atomic E-state index is 0.0128. The van der Waals surface area contributed by atoms with Crippen molar-refractivity contribution in [2.24, 2.45) is 52.3 Å². The molecule has 0 radical (unpaired) electrons. The van der Waals surface area contributed by atoms with Crippen molar-refractivity contribution in [2.75, 3.05) is 93.9 Å². The molecule has 1 aliphatic heterocycles. The summed E-state index contributed by atoms with van der Waals surface area (Å²) < 4.78 is 23.6. The summed E-state index contributed by atoms with van der Waals surface area (Å²) in [6.45, 7) is 19.7. The van der Waals surface area contributed by atoms with E-state index in [2.05, 4.69) is 36.2 Å². The normalized spacial score (nSPS) is 16.6. The zero-order valence-corrected chi connectivity index (χ0v) is 60.7. The predicted molar refractivity (Wildman–Crippen MR) is 369 cm³/mol. The summed E-state index contributed by atoms with van der Waals surface area (Å²) >= 11 is 3.40. The lowest BCUT2D eigenvalue weighted by Gasteiger charge is -2.41. The number of methoxy groups -OCH3 is 2. The van der Waals surface area contributed by atoms with E-state index in [1.165, 1.54) is 7.11 Å². The number of amides is 6. The molecule has 0 bridgehead atoms. The van der Waals surface area contributed by atoms with Crippen molar-refractivity contribution in [3.05, 3.63) is 57.2 Å². The Kier molecular flexibility index (Phi) is 38.2. The van der Waals surface area contributed by atoms with Gasteiger partial charge in [0.15, 0.2) is 11.6 Å². The van der Waals surface area contributed by atoms with E-state index in [1.54, 1.807) is 71.3 Å². The Hall–Kier alpha value is -5.67. The summed E-state index contributed by atoms with van der Waals surface area (Å²) in [6.07, 6.45) is 5.50. The van der Waals surface area contributed by atoms with Gasteiger partial charge in [0.05, 0.1) is 93.1 Å². The lowest BCUT2D eigenvalue weighted by atomic mass is 9.83. The van der Waals surface area contributed by atoms with Crippen LogP contribution in [-0.2, 0) is 83.4 Å². The number of Topliss-reactive ketones (excluding diaryl/α,β-unsaturated/α-hetero) is 3. The fraction of sp³-hybridized carbons (Fsp3) is 0.761. The van der Waals surface area contributed by atoms with Crippen LogP contribution in [0, 0.1) is 41.4 Å². The molecule has 6 amide bonds. The maximum Gasteiger partial charge on any atom is 0.312 e. The van der Waals surface area contributed by atoms with Gasteiger partial charge in [0.25, 0.3) is 0 Å². The Morgan fingerprint density at radius 1 is 0.787 bits per heavy atom. The van der Waals surface area contributed by atoms with Crippen LogP contribution in [0.4, 0.5) is 4.79 Å². The Labute approximate surface area is 567 Å². The van der Waals surface area contributed by atoms with Gasteiger partial charge in [-0.3, -0.25) is 38.5 Å². The number of primary amides is 1. The van der Waals surface area contributed by atoms with Crippen molar-refractivity contribution in [1.82, 2.24) is 45.6 Å². The number of thioether (sulfide) groups is 2. The van der Waals surface area contributed by atoms with E-state index in [0.29, 0.717) is 57.6 Å². The molecule has 1 aromatic carbocycles. The molecule has 0 spiro atoms. The molecule has 530 valence electrons. The van der Waals surface area contributed by atoms with Crippen LogP contribution in [0.25, 0.3) is 10.4 Å². The Morgan fingerprint density at radius 3 is 1.95 bits per heavy atom. The third-order valence-corrected chi connectivity index (χ3v) is 19.0. The van der Waals surface area contributed by atoms with Crippen molar-refractivity contribution < 1.29 is 57.3 Å². The van der Waals surface area contributed by atoms with Crippen LogP contribution in [0.3, 0.4) is 0 Å². The van der Waals surface area contributed by atoms with Gasteiger partial charge in [-0.2, -0.15) is 38.5 Å².